The number of hydrogen-bond acceptors (Lipinski definition) is 2. The van der Waals surface area contributed by atoms with Gasteiger partial charge in [-0.15, -0.1) is 12.4 Å². The van der Waals surface area contributed by atoms with Crippen LogP contribution in [0.25, 0.3) is 0 Å². The van der Waals surface area contributed by atoms with Crippen LogP contribution in [-0.2, 0) is 6.54 Å². The van der Waals surface area contributed by atoms with Crippen molar-refractivity contribution in [3.63, 3.8) is 0 Å². The topological polar surface area (TPSA) is 23.5 Å². The molecule has 0 atom stereocenters. The van der Waals surface area contributed by atoms with Gasteiger partial charge in [-0.2, -0.15) is 0 Å². The summed E-state index contributed by atoms with van der Waals surface area (Å²) < 4.78 is 0. The van der Waals surface area contributed by atoms with Gasteiger partial charge in [0.1, 0.15) is 0 Å². The number of hydrogen-bond donors (Lipinski definition) is 1. The van der Waals surface area contributed by atoms with Crippen LogP contribution in [0, 0.1) is 0 Å². The summed E-state index contributed by atoms with van der Waals surface area (Å²) in [5.41, 5.74) is 1.18. The van der Waals surface area contributed by atoms with E-state index in [4.69, 9.17) is 11.6 Å². The van der Waals surface area contributed by atoms with Crippen molar-refractivity contribution in [2.75, 3.05) is 13.1 Å². The molecule has 0 unspecified atom stereocenters. The third-order valence-corrected chi connectivity index (χ3v) is 3.28. The average Bonchev–Trinajstić information content (AvgIpc) is 2.25. The summed E-state index contributed by atoms with van der Waals surface area (Å²) in [5.74, 6) is 0. The summed E-state index contributed by atoms with van der Waals surface area (Å²) in [5, 5.41) is 10.2. The van der Waals surface area contributed by atoms with Crippen molar-refractivity contribution in [1.82, 2.24) is 4.90 Å². The minimum Gasteiger partial charge on any atom is -0.393 e. The highest BCUT2D eigenvalue weighted by atomic mass is 35.5. The Hall–Kier alpha value is -0.280. The van der Waals surface area contributed by atoms with Crippen LogP contribution < -0.4 is 0 Å². The zero-order valence-corrected chi connectivity index (χ0v) is 10.7. The number of aliphatic hydroxyl groups is 1. The number of nitrogens with zero attached hydrogens (tertiary/aromatic N) is 1. The molecule has 1 aliphatic rings. The molecule has 1 heterocycles. The first-order valence-corrected chi connectivity index (χ1v) is 5.77. The van der Waals surface area contributed by atoms with Gasteiger partial charge in [0.05, 0.1) is 6.10 Å². The Labute approximate surface area is 108 Å². The number of likely N-dealkylation sites (tertiary alicyclic amines) is 1. The molecule has 2 rings (SSSR count). The average molecular weight is 262 g/mol. The van der Waals surface area contributed by atoms with Crippen LogP contribution in [0.15, 0.2) is 24.3 Å². The smallest absolute Gasteiger partial charge is 0.0564 e. The summed E-state index contributed by atoms with van der Waals surface area (Å²) in [6, 6.07) is 7.95. The lowest BCUT2D eigenvalue weighted by Gasteiger charge is -2.29. The zero-order valence-electron chi connectivity index (χ0n) is 9.10. The van der Waals surface area contributed by atoms with Gasteiger partial charge in [-0.3, -0.25) is 4.90 Å². The Balaban J connectivity index is 0.00000128. The number of piperidine rings is 1. The van der Waals surface area contributed by atoms with Gasteiger partial charge in [0.25, 0.3) is 0 Å². The predicted molar refractivity (Wildman–Crippen MR) is 69.2 cm³/mol. The fourth-order valence-corrected chi connectivity index (χ4v) is 2.14. The van der Waals surface area contributed by atoms with E-state index in [1.54, 1.807) is 0 Å². The quantitative estimate of drug-likeness (QED) is 0.885. The van der Waals surface area contributed by atoms with E-state index in [0.29, 0.717) is 0 Å². The normalized spacial score (nSPS) is 18.1. The molecule has 1 aromatic carbocycles. The van der Waals surface area contributed by atoms with E-state index < -0.39 is 0 Å². The third kappa shape index (κ3) is 3.63. The molecule has 0 bridgehead atoms. The lowest BCUT2D eigenvalue weighted by atomic mass is 10.1. The van der Waals surface area contributed by atoms with Crippen LogP contribution in [0.5, 0.6) is 0 Å². The van der Waals surface area contributed by atoms with Crippen LogP contribution >= 0.6 is 24.0 Å². The highest BCUT2D eigenvalue weighted by Crippen LogP contribution is 2.19. The first-order chi connectivity index (χ1) is 7.25. The van der Waals surface area contributed by atoms with Crippen molar-refractivity contribution in [1.29, 1.82) is 0 Å². The van der Waals surface area contributed by atoms with Crippen LogP contribution in [0.1, 0.15) is 18.4 Å². The van der Waals surface area contributed by atoms with Crippen LogP contribution in [0.2, 0.25) is 5.02 Å². The largest absolute Gasteiger partial charge is 0.393 e. The molecule has 1 N–H and O–H groups in total. The van der Waals surface area contributed by atoms with E-state index in [2.05, 4.69) is 11.0 Å². The first-order valence-electron chi connectivity index (χ1n) is 5.39. The molecule has 0 spiro atoms. The summed E-state index contributed by atoms with van der Waals surface area (Å²) in [4.78, 5) is 2.34. The Morgan fingerprint density at radius 1 is 1.25 bits per heavy atom. The van der Waals surface area contributed by atoms with E-state index >= 15 is 0 Å². The minimum atomic E-state index is -0.104. The summed E-state index contributed by atoms with van der Waals surface area (Å²) in [7, 11) is 0. The number of benzene rings is 1. The molecule has 1 fully saturated rings. The van der Waals surface area contributed by atoms with Gasteiger partial charge in [-0.1, -0.05) is 29.8 Å². The summed E-state index contributed by atoms with van der Waals surface area (Å²) in [6.45, 7) is 2.82. The van der Waals surface area contributed by atoms with Crippen molar-refractivity contribution in [2.45, 2.75) is 25.5 Å². The predicted octanol–water partition coefficient (Wildman–Crippen LogP) is 2.72. The molecular formula is C12H17Cl2NO. The van der Waals surface area contributed by atoms with Crippen molar-refractivity contribution >= 4 is 24.0 Å². The van der Waals surface area contributed by atoms with E-state index in [0.717, 1.165) is 37.5 Å². The highest BCUT2D eigenvalue weighted by Gasteiger charge is 2.17. The molecule has 2 nitrogen and oxygen atoms in total. The molecular weight excluding hydrogens is 245 g/mol. The van der Waals surface area contributed by atoms with Gasteiger partial charge in [-0.25, -0.2) is 0 Å². The number of halogens is 2. The Bertz CT molecular complexity index is 325. The van der Waals surface area contributed by atoms with E-state index in [9.17, 15) is 5.11 Å². The van der Waals surface area contributed by atoms with Crippen molar-refractivity contribution in [2.24, 2.45) is 0 Å². The van der Waals surface area contributed by atoms with E-state index in [-0.39, 0.29) is 18.5 Å². The van der Waals surface area contributed by atoms with Gasteiger partial charge in [0, 0.05) is 24.7 Å². The maximum Gasteiger partial charge on any atom is 0.0564 e. The van der Waals surface area contributed by atoms with Crippen LogP contribution in [-0.4, -0.2) is 29.2 Å². The zero-order chi connectivity index (χ0) is 10.7. The summed E-state index contributed by atoms with van der Waals surface area (Å²) >= 11 is 6.10. The second kappa shape index (κ2) is 6.45. The van der Waals surface area contributed by atoms with Gasteiger partial charge in [-0.05, 0) is 24.5 Å². The maximum absolute atomic E-state index is 9.39. The van der Waals surface area contributed by atoms with Crippen molar-refractivity contribution in [3.8, 4) is 0 Å². The van der Waals surface area contributed by atoms with Crippen molar-refractivity contribution in [3.05, 3.63) is 34.9 Å². The maximum atomic E-state index is 9.39. The van der Waals surface area contributed by atoms with Crippen LogP contribution in [0.3, 0.4) is 0 Å². The second-order valence-corrected chi connectivity index (χ2v) is 4.51. The monoisotopic (exact) mass is 261 g/mol. The molecule has 90 valence electrons. The van der Waals surface area contributed by atoms with E-state index in [1.165, 1.54) is 5.56 Å². The molecule has 1 aliphatic heterocycles. The van der Waals surface area contributed by atoms with Crippen molar-refractivity contribution < 1.29 is 5.11 Å². The van der Waals surface area contributed by atoms with Gasteiger partial charge >= 0.3 is 0 Å². The standard InChI is InChI=1S/C12H16ClNO.ClH/c13-12-4-2-1-3-10(12)9-14-7-5-11(15)6-8-14;/h1-4,11,15H,5-9H2;1H. The lowest BCUT2D eigenvalue weighted by molar-refractivity contribution is 0.0792. The Morgan fingerprint density at radius 3 is 2.50 bits per heavy atom. The molecule has 0 saturated carbocycles. The first kappa shape index (κ1) is 13.8. The number of rotatable bonds is 2. The third-order valence-electron chi connectivity index (χ3n) is 2.91. The molecule has 1 aromatic rings. The highest BCUT2D eigenvalue weighted by molar-refractivity contribution is 6.31. The molecule has 0 aliphatic carbocycles. The van der Waals surface area contributed by atoms with Gasteiger partial charge < -0.3 is 5.11 Å². The molecule has 16 heavy (non-hydrogen) atoms. The SMILES string of the molecule is Cl.OC1CCN(Cc2ccccc2Cl)CC1. The second-order valence-electron chi connectivity index (χ2n) is 4.10. The molecule has 0 amide bonds. The van der Waals surface area contributed by atoms with Crippen LogP contribution in [0.4, 0.5) is 0 Å². The fourth-order valence-electron chi connectivity index (χ4n) is 1.94. The lowest BCUT2D eigenvalue weighted by Crippen LogP contribution is -2.35. The summed E-state index contributed by atoms with van der Waals surface area (Å²) in [6.07, 6.45) is 1.65. The molecule has 1 saturated heterocycles. The molecule has 0 aromatic heterocycles. The minimum absolute atomic E-state index is 0. The van der Waals surface area contributed by atoms with Gasteiger partial charge in [0.15, 0.2) is 0 Å². The molecule has 4 heteroatoms. The van der Waals surface area contributed by atoms with Gasteiger partial charge in [0.2, 0.25) is 0 Å². The Kier molecular flexibility index (Phi) is 5.56. The number of aliphatic hydroxyl groups excluding tert-OH is 1. The Morgan fingerprint density at radius 2 is 1.88 bits per heavy atom. The molecule has 0 radical (unpaired) electrons. The van der Waals surface area contributed by atoms with E-state index in [1.807, 2.05) is 18.2 Å². The fraction of sp³-hybridized carbons (Fsp3) is 0.500.